The molecule has 0 spiro atoms. The Labute approximate surface area is 96.6 Å². The molecule has 0 bridgehead atoms. The van der Waals surface area contributed by atoms with Gasteiger partial charge in [-0.3, -0.25) is 0 Å². The molecule has 0 aliphatic carbocycles. The minimum Gasteiger partial charge on any atom is -0.494 e. The number of hydrogen-bond donors (Lipinski definition) is 2. The third kappa shape index (κ3) is 3.30. The van der Waals surface area contributed by atoms with Gasteiger partial charge in [0, 0.05) is 10.6 Å². The number of nitrogens with two attached hydrogens (primary N) is 1. The van der Waals surface area contributed by atoms with Crippen molar-refractivity contribution in [3.8, 4) is 5.75 Å². The molecular formula is C10H12FNO3S. The van der Waals surface area contributed by atoms with Gasteiger partial charge < -0.3 is 15.6 Å². The van der Waals surface area contributed by atoms with Crippen LogP contribution in [0.2, 0.25) is 0 Å². The van der Waals surface area contributed by atoms with E-state index in [0.717, 1.165) is 0 Å². The molecule has 16 heavy (non-hydrogen) atoms. The highest BCUT2D eigenvalue weighted by molar-refractivity contribution is 8.00. The predicted octanol–water partition coefficient (Wildman–Crippen LogP) is 2.14. The van der Waals surface area contributed by atoms with E-state index in [1.165, 1.54) is 6.07 Å². The van der Waals surface area contributed by atoms with Crippen molar-refractivity contribution in [2.45, 2.75) is 17.3 Å². The van der Waals surface area contributed by atoms with Crippen LogP contribution in [0.3, 0.4) is 0 Å². The number of benzene rings is 1. The number of aliphatic carboxylic acids is 1. The zero-order valence-electron chi connectivity index (χ0n) is 8.64. The normalized spacial score (nSPS) is 12.1. The van der Waals surface area contributed by atoms with Gasteiger partial charge >= 0.3 is 5.97 Å². The van der Waals surface area contributed by atoms with Gasteiger partial charge in [-0.2, -0.15) is 0 Å². The number of carbonyl (C=O) groups is 1. The third-order valence-electron chi connectivity index (χ3n) is 1.72. The molecule has 4 nitrogen and oxygen atoms in total. The molecule has 6 heteroatoms. The summed E-state index contributed by atoms with van der Waals surface area (Å²) in [5, 5.41) is 8.44. The van der Waals surface area contributed by atoms with Crippen LogP contribution in [0.5, 0.6) is 5.75 Å². The standard InChI is InChI=1S/C10H12FNO3S/c1-2-15-6-3-4-7(12)8(5-6)16-9(11)10(13)14/h3-5,9H,2,12H2,1H3,(H,13,14). The Morgan fingerprint density at radius 3 is 2.94 bits per heavy atom. The van der Waals surface area contributed by atoms with Gasteiger partial charge in [0.1, 0.15) is 5.75 Å². The molecule has 1 rings (SSSR count). The Morgan fingerprint density at radius 1 is 1.69 bits per heavy atom. The monoisotopic (exact) mass is 245 g/mol. The van der Waals surface area contributed by atoms with E-state index in [4.69, 9.17) is 15.6 Å². The molecule has 0 heterocycles. The fourth-order valence-corrected chi connectivity index (χ4v) is 1.75. The van der Waals surface area contributed by atoms with Crippen molar-refractivity contribution in [1.29, 1.82) is 0 Å². The van der Waals surface area contributed by atoms with E-state index in [1.54, 1.807) is 12.1 Å². The maximum Gasteiger partial charge on any atom is 0.349 e. The second-order valence-electron chi connectivity index (χ2n) is 2.90. The molecule has 1 aromatic carbocycles. The third-order valence-corrected chi connectivity index (χ3v) is 2.74. The van der Waals surface area contributed by atoms with Gasteiger partial charge in [0.2, 0.25) is 5.50 Å². The number of rotatable bonds is 5. The fourth-order valence-electron chi connectivity index (χ4n) is 1.04. The fraction of sp³-hybridized carbons (Fsp3) is 0.300. The lowest BCUT2D eigenvalue weighted by Crippen LogP contribution is -2.10. The minimum atomic E-state index is -2.03. The predicted molar refractivity (Wildman–Crippen MR) is 60.4 cm³/mol. The summed E-state index contributed by atoms with van der Waals surface area (Å²) < 4.78 is 18.2. The first-order chi connectivity index (χ1) is 7.54. The van der Waals surface area contributed by atoms with E-state index >= 15 is 0 Å². The van der Waals surface area contributed by atoms with E-state index in [0.29, 0.717) is 34.7 Å². The lowest BCUT2D eigenvalue weighted by atomic mass is 10.3. The molecule has 0 amide bonds. The van der Waals surface area contributed by atoms with Crippen molar-refractivity contribution in [2.24, 2.45) is 0 Å². The second kappa shape index (κ2) is 5.60. The van der Waals surface area contributed by atoms with Gasteiger partial charge in [0.25, 0.3) is 0 Å². The molecule has 3 N–H and O–H groups in total. The number of anilines is 1. The Kier molecular flexibility index (Phi) is 4.42. The SMILES string of the molecule is CCOc1ccc(N)c(SC(F)C(=O)O)c1. The van der Waals surface area contributed by atoms with Crippen molar-refractivity contribution in [3.05, 3.63) is 18.2 Å². The maximum atomic E-state index is 13.0. The summed E-state index contributed by atoms with van der Waals surface area (Å²) in [4.78, 5) is 10.7. The highest BCUT2D eigenvalue weighted by Crippen LogP contribution is 2.32. The van der Waals surface area contributed by atoms with Crippen molar-refractivity contribution >= 4 is 23.4 Å². The first-order valence-corrected chi connectivity index (χ1v) is 5.48. The van der Waals surface area contributed by atoms with Crippen LogP contribution in [0.25, 0.3) is 0 Å². The van der Waals surface area contributed by atoms with Crippen LogP contribution in [0.1, 0.15) is 6.92 Å². The number of halogens is 1. The van der Waals surface area contributed by atoms with Crippen molar-refractivity contribution in [1.82, 2.24) is 0 Å². The van der Waals surface area contributed by atoms with Crippen LogP contribution >= 0.6 is 11.8 Å². The van der Waals surface area contributed by atoms with Crippen molar-refractivity contribution < 1.29 is 19.0 Å². The van der Waals surface area contributed by atoms with Crippen molar-refractivity contribution in [2.75, 3.05) is 12.3 Å². The number of nitrogen functional groups attached to an aromatic ring is 1. The minimum absolute atomic E-state index is 0.331. The quantitative estimate of drug-likeness (QED) is 0.614. The molecule has 1 unspecified atom stereocenters. The van der Waals surface area contributed by atoms with Crippen molar-refractivity contribution in [3.63, 3.8) is 0 Å². The average Bonchev–Trinajstić information content (AvgIpc) is 2.23. The molecule has 1 aromatic rings. The van der Waals surface area contributed by atoms with E-state index in [2.05, 4.69) is 0 Å². The molecule has 0 aliphatic heterocycles. The molecule has 0 aromatic heterocycles. The van der Waals surface area contributed by atoms with Gasteiger partial charge in [-0.05, 0) is 25.1 Å². The maximum absolute atomic E-state index is 13.0. The highest BCUT2D eigenvalue weighted by Gasteiger charge is 2.18. The lowest BCUT2D eigenvalue weighted by molar-refractivity contribution is -0.139. The molecular weight excluding hydrogens is 233 g/mol. The topological polar surface area (TPSA) is 72.5 Å². The number of carboxylic acids is 1. The van der Waals surface area contributed by atoms with Gasteiger partial charge in [-0.25, -0.2) is 9.18 Å². The zero-order chi connectivity index (χ0) is 12.1. The molecule has 0 aliphatic rings. The summed E-state index contributed by atoms with van der Waals surface area (Å²) in [5.41, 5.74) is 3.90. The van der Waals surface area contributed by atoms with Crippen LogP contribution in [0.4, 0.5) is 10.1 Å². The van der Waals surface area contributed by atoms with Crippen LogP contribution < -0.4 is 10.5 Å². The smallest absolute Gasteiger partial charge is 0.349 e. The van der Waals surface area contributed by atoms with Gasteiger partial charge in [0.15, 0.2) is 0 Å². The largest absolute Gasteiger partial charge is 0.494 e. The van der Waals surface area contributed by atoms with E-state index < -0.39 is 11.5 Å². The van der Waals surface area contributed by atoms with Gasteiger partial charge in [-0.15, -0.1) is 0 Å². The van der Waals surface area contributed by atoms with Crippen LogP contribution in [0, 0.1) is 0 Å². The molecule has 0 radical (unpaired) electrons. The summed E-state index contributed by atoms with van der Waals surface area (Å²) in [7, 11) is 0. The van der Waals surface area contributed by atoms with Crippen LogP contribution in [-0.4, -0.2) is 23.2 Å². The van der Waals surface area contributed by atoms with E-state index in [-0.39, 0.29) is 0 Å². The summed E-state index contributed by atoms with van der Waals surface area (Å²) in [6, 6.07) is 4.73. The Hall–Kier alpha value is -1.43. The van der Waals surface area contributed by atoms with Gasteiger partial charge in [-0.1, -0.05) is 11.8 Å². The zero-order valence-corrected chi connectivity index (χ0v) is 9.46. The van der Waals surface area contributed by atoms with E-state index in [1.807, 2.05) is 6.92 Å². The Morgan fingerprint density at radius 2 is 2.38 bits per heavy atom. The molecule has 0 saturated heterocycles. The van der Waals surface area contributed by atoms with E-state index in [9.17, 15) is 9.18 Å². The van der Waals surface area contributed by atoms with Crippen LogP contribution in [0.15, 0.2) is 23.1 Å². The Balaban J connectivity index is 2.85. The van der Waals surface area contributed by atoms with Crippen LogP contribution in [-0.2, 0) is 4.79 Å². The number of thioether (sulfide) groups is 1. The summed E-state index contributed by atoms with van der Waals surface area (Å²) in [5.74, 6) is -0.983. The summed E-state index contributed by atoms with van der Waals surface area (Å²) in [6.45, 7) is 2.30. The highest BCUT2D eigenvalue weighted by atomic mass is 32.2. The number of alkyl halides is 1. The second-order valence-corrected chi connectivity index (χ2v) is 3.99. The average molecular weight is 245 g/mol. The first-order valence-electron chi connectivity index (χ1n) is 4.60. The molecule has 0 saturated carbocycles. The Bertz CT molecular complexity index is 386. The molecule has 88 valence electrons. The number of ether oxygens (including phenoxy) is 1. The molecule has 0 fully saturated rings. The number of carboxylic acid groups (broad SMARTS) is 1. The molecule has 1 atom stereocenters. The lowest BCUT2D eigenvalue weighted by Gasteiger charge is -2.09. The number of hydrogen-bond acceptors (Lipinski definition) is 4. The van der Waals surface area contributed by atoms with Gasteiger partial charge in [0.05, 0.1) is 6.61 Å². The first kappa shape index (κ1) is 12.6. The summed E-state index contributed by atoms with van der Waals surface area (Å²) >= 11 is 0.547. The summed E-state index contributed by atoms with van der Waals surface area (Å²) in [6.07, 6.45) is 0.